The zero-order chi connectivity index (χ0) is 22.5. The van der Waals surface area contributed by atoms with Crippen molar-refractivity contribution < 1.29 is 38.1 Å². The summed E-state index contributed by atoms with van der Waals surface area (Å²) in [5.41, 5.74) is 0.843. The van der Waals surface area contributed by atoms with Crippen molar-refractivity contribution in [1.82, 2.24) is 4.98 Å². The van der Waals surface area contributed by atoms with Crippen LogP contribution in [0.4, 0.5) is 0 Å². The summed E-state index contributed by atoms with van der Waals surface area (Å²) in [6.45, 7) is 7.08. The molecule has 1 aromatic heterocycles. The smallest absolute Gasteiger partial charge is 0.320 e. The van der Waals surface area contributed by atoms with E-state index in [0.717, 1.165) is 0 Å². The van der Waals surface area contributed by atoms with Crippen LogP contribution in [-0.2, 0) is 51.0 Å². The number of ether oxygens (including phenoxy) is 4. The third-order valence-electron chi connectivity index (χ3n) is 3.98. The molecule has 9 heteroatoms. The fraction of sp³-hybridized carbons (Fsp3) is 0.571. The van der Waals surface area contributed by atoms with E-state index in [9.17, 15) is 19.2 Å². The maximum atomic E-state index is 12.2. The van der Waals surface area contributed by atoms with Gasteiger partial charge >= 0.3 is 23.9 Å². The molecular formula is C21H29NO8. The molecular weight excluding hydrogens is 394 g/mol. The van der Waals surface area contributed by atoms with Gasteiger partial charge in [0, 0.05) is 24.2 Å². The van der Waals surface area contributed by atoms with Crippen LogP contribution >= 0.6 is 0 Å². The first kappa shape index (κ1) is 25.1. The van der Waals surface area contributed by atoms with Crippen molar-refractivity contribution >= 4 is 23.9 Å². The summed E-state index contributed by atoms with van der Waals surface area (Å²) in [4.78, 5) is 53.1. The zero-order valence-electron chi connectivity index (χ0n) is 17.8. The normalized spacial score (nSPS) is 10.6. The summed E-state index contributed by atoms with van der Waals surface area (Å²) in [6, 6.07) is 4.94. The minimum atomic E-state index is -1.15. The molecule has 1 aromatic rings. The van der Waals surface area contributed by atoms with E-state index < -0.39 is 35.7 Å². The highest BCUT2D eigenvalue weighted by Gasteiger charge is 2.32. The highest BCUT2D eigenvalue weighted by atomic mass is 16.6. The second-order valence-electron chi connectivity index (χ2n) is 6.14. The molecule has 0 saturated carbocycles. The van der Waals surface area contributed by atoms with Crippen molar-refractivity contribution in [2.24, 2.45) is 11.8 Å². The predicted octanol–water partition coefficient (Wildman–Crippen LogP) is 1.65. The first-order chi connectivity index (χ1) is 14.4. The zero-order valence-corrected chi connectivity index (χ0v) is 17.8. The Bertz CT molecular complexity index is 640. The minimum absolute atomic E-state index is 0.0328. The van der Waals surface area contributed by atoms with E-state index in [1.165, 1.54) is 0 Å². The van der Waals surface area contributed by atoms with Gasteiger partial charge in [0.1, 0.15) is 0 Å². The molecule has 0 fully saturated rings. The van der Waals surface area contributed by atoms with Gasteiger partial charge < -0.3 is 18.9 Å². The average Bonchev–Trinajstić information content (AvgIpc) is 2.71. The van der Waals surface area contributed by atoms with Crippen molar-refractivity contribution in [2.45, 2.75) is 40.5 Å². The van der Waals surface area contributed by atoms with Crippen LogP contribution in [0, 0.1) is 11.8 Å². The maximum absolute atomic E-state index is 12.2. The molecule has 166 valence electrons. The van der Waals surface area contributed by atoms with Gasteiger partial charge in [-0.2, -0.15) is 0 Å². The lowest BCUT2D eigenvalue weighted by atomic mass is 10.0. The Morgan fingerprint density at radius 1 is 0.667 bits per heavy atom. The molecule has 0 aromatic carbocycles. The Kier molecular flexibility index (Phi) is 11.1. The van der Waals surface area contributed by atoms with Gasteiger partial charge in [-0.15, -0.1) is 0 Å². The summed E-state index contributed by atoms with van der Waals surface area (Å²) in [5, 5.41) is 0. The second-order valence-corrected chi connectivity index (χ2v) is 6.14. The second kappa shape index (κ2) is 13.3. The molecule has 0 aliphatic carbocycles. The molecule has 0 aliphatic heterocycles. The number of pyridine rings is 1. The van der Waals surface area contributed by atoms with E-state index in [1.807, 2.05) is 0 Å². The van der Waals surface area contributed by atoms with Gasteiger partial charge in [0.25, 0.3) is 0 Å². The molecule has 0 radical (unpaired) electrons. The molecule has 0 bridgehead atoms. The Morgan fingerprint density at radius 3 is 1.23 bits per heavy atom. The number of aromatic nitrogens is 1. The number of carbonyl (C=O) groups is 4. The van der Waals surface area contributed by atoms with Crippen molar-refractivity contribution in [3.8, 4) is 0 Å². The molecule has 1 rings (SSSR count). The van der Waals surface area contributed by atoms with Crippen LogP contribution in [0.3, 0.4) is 0 Å². The predicted molar refractivity (Wildman–Crippen MR) is 105 cm³/mol. The Morgan fingerprint density at radius 2 is 0.967 bits per heavy atom. The number of carbonyl (C=O) groups excluding carboxylic acids is 4. The van der Waals surface area contributed by atoms with Crippen LogP contribution in [0.25, 0.3) is 0 Å². The number of esters is 4. The largest absolute Gasteiger partial charge is 0.465 e. The SMILES string of the molecule is CCOC(=O)C(Cc1cccc(CC(C(=O)OCC)C(=O)OCC)n1)C(=O)OCC. The third kappa shape index (κ3) is 7.81. The quantitative estimate of drug-likeness (QED) is 0.281. The van der Waals surface area contributed by atoms with Crippen LogP contribution in [0.15, 0.2) is 18.2 Å². The van der Waals surface area contributed by atoms with E-state index in [0.29, 0.717) is 11.4 Å². The molecule has 0 aliphatic rings. The number of rotatable bonds is 12. The van der Waals surface area contributed by atoms with Gasteiger partial charge in [0.05, 0.1) is 26.4 Å². The summed E-state index contributed by atoms with van der Waals surface area (Å²) in [6.07, 6.45) is -0.0655. The fourth-order valence-electron chi connectivity index (χ4n) is 2.67. The van der Waals surface area contributed by atoms with Gasteiger partial charge in [0.2, 0.25) is 0 Å². The molecule has 1 heterocycles. The van der Waals surface area contributed by atoms with E-state index in [2.05, 4.69) is 4.98 Å². The Labute approximate surface area is 176 Å². The lowest BCUT2D eigenvalue weighted by molar-refractivity contribution is -0.163. The molecule has 0 unspecified atom stereocenters. The summed E-state index contributed by atoms with van der Waals surface area (Å²) >= 11 is 0. The summed E-state index contributed by atoms with van der Waals surface area (Å²) < 4.78 is 19.9. The summed E-state index contributed by atoms with van der Waals surface area (Å²) in [5.74, 6) is -5.09. The average molecular weight is 423 g/mol. The summed E-state index contributed by atoms with van der Waals surface area (Å²) in [7, 11) is 0. The highest BCUT2D eigenvalue weighted by molar-refractivity contribution is 5.95. The van der Waals surface area contributed by atoms with Crippen molar-refractivity contribution in [3.05, 3.63) is 29.6 Å². The Hall–Kier alpha value is -2.97. The molecule has 9 nitrogen and oxygen atoms in total. The van der Waals surface area contributed by atoms with Crippen LogP contribution in [0.2, 0.25) is 0 Å². The highest BCUT2D eigenvalue weighted by Crippen LogP contribution is 2.15. The molecule has 0 N–H and O–H groups in total. The minimum Gasteiger partial charge on any atom is -0.465 e. The van der Waals surface area contributed by atoms with Gasteiger partial charge in [-0.05, 0) is 39.8 Å². The van der Waals surface area contributed by atoms with E-state index in [1.54, 1.807) is 45.9 Å². The van der Waals surface area contributed by atoms with E-state index in [4.69, 9.17) is 18.9 Å². The van der Waals surface area contributed by atoms with Crippen molar-refractivity contribution in [1.29, 1.82) is 0 Å². The standard InChI is InChI=1S/C21H29NO8/c1-5-27-18(23)16(19(24)28-6-2)12-14-10-9-11-15(22-14)13-17(20(25)29-7-3)21(26)30-8-4/h9-11,16-17H,5-8,12-13H2,1-4H3. The lowest BCUT2D eigenvalue weighted by Crippen LogP contribution is -2.31. The van der Waals surface area contributed by atoms with Crippen molar-refractivity contribution in [2.75, 3.05) is 26.4 Å². The Balaban J connectivity index is 3.05. The first-order valence-corrected chi connectivity index (χ1v) is 9.99. The van der Waals surface area contributed by atoms with Crippen LogP contribution in [0.5, 0.6) is 0 Å². The molecule has 30 heavy (non-hydrogen) atoms. The van der Waals surface area contributed by atoms with Gasteiger partial charge in [-0.25, -0.2) is 0 Å². The van der Waals surface area contributed by atoms with Crippen LogP contribution in [0.1, 0.15) is 39.1 Å². The topological polar surface area (TPSA) is 118 Å². The van der Waals surface area contributed by atoms with E-state index in [-0.39, 0.29) is 39.3 Å². The van der Waals surface area contributed by atoms with Gasteiger partial charge in [0.15, 0.2) is 11.8 Å². The van der Waals surface area contributed by atoms with E-state index >= 15 is 0 Å². The number of hydrogen-bond acceptors (Lipinski definition) is 9. The molecule has 0 saturated heterocycles. The van der Waals surface area contributed by atoms with Gasteiger partial charge in [-0.3, -0.25) is 24.2 Å². The number of hydrogen-bond donors (Lipinski definition) is 0. The monoisotopic (exact) mass is 423 g/mol. The third-order valence-corrected chi connectivity index (χ3v) is 3.98. The molecule has 0 atom stereocenters. The maximum Gasteiger partial charge on any atom is 0.320 e. The van der Waals surface area contributed by atoms with Gasteiger partial charge in [-0.1, -0.05) is 6.07 Å². The lowest BCUT2D eigenvalue weighted by Gasteiger charge is -2.16. The first-order valence-electron chi connectivity index (χ1n) is 9.99. The van der Waals surface area contributed by atoms with Crippen molar-refractivity contribution in [3.63, 3.8) is 0 Å². The van der Waals surface area contributed by atoms with Crippen LogP contribution < -0.4 is 0 Å². The number of nitrogens with zero attached hydrogens (tertiary/aromatic N) is 1. The molecule has 0 amide bonds. The van der Waals surface area contributed by atoms with Crippen LogP contribution in [-0.4, -0.2) is 55.3 Å². The fourth-order valence-corrected chi connectivity index (χ4v) is 2.67. The molecule has 0 spiro atoms.